The summed E-state index contributed by atoms with van der Waals surface area (Å²) in [4.78, 5) is 0. The molecule has 2 rings (SSSR count). The summed E-state index contributed by atoms with van der Waals surface area (Å²) >= 11 is 0. The van der Waals surface area contributed by atoms with E-state index in [-0.39, 0.29) is 11.6 Å². The van der Waals surface area contributed by atoms with Gasteiger partial charge in [0.15, 0.2) is 0 Å². The Hall–Kier alpha value is -1.88. The SMILES string of the molecule is Cc1[nH]ncc1CCCNCc1cc(F)ccc1O. The maximum atomic E-state index is 13.0. The predicted molar refractivity (Wildman–Crippen MR) is 71.4 cm³/mol. The van der Waals surface area contributed by atoms with Crippen molar-refractivity contribution in [2.24, 2.45) is 0 Å². The highest BCUT2D eigenvalue weighted by Crippen LogP contribution is 2.17. The molecule has 0 aliphatic rings. The second kappa shape index (κ2) is 6.33. The number of aromatic amines is 1. The molecule has 0 amide bonds. The molecule has 0 bridgehead atoms. The summed E-state index contributed by atoms with van der Waals surface area (Å²) in [6.07, 6.45) is 3.76. The monoisotopic (exact) mass is 263 g/mol. The normalized spacial score (nSPS) is 10.8. The largest absolute Gasteiger partial charge is 0.508 e. The molecule has 0 unspecified atom stereocenters. The van der Waals surface area contributed by atoms with Crippen molar-refractivity contribution in [1.29, 1.82) is 0 Å². The van der Waals surface area contributed by atoms with Gasteiger partial charge in [-0.15, -0.1) is 0 Å². The molecule has 3 N–H and O–H groups in total. The highest BCUT2D eigenvalue weighted by molar-refractivity contribution is 5.32. The van der Waals surface area contributed by atoms with Gasteiger partial charge in [0.2, 0.25) is 0 Å². The first-order valence-electron chi connectivity index (χ1n) is 6.34. The lowest BCUT2D eigenvalue weighted by Crippen LogP contribution is -2.15. The lowest BCUT2D eigenvalue weighted by atomic mass is 10.1. The summed E-state index contributed by atoms with van der Waals surface area (Å²) < 4.78 is 13.0. The molecule has 1 aromatic heterocycles. The highest BCUT2D eigenvalue weighted by atomic mass is 19.1. The first-order valence-corrected chi connectivity index (χ1v) is 6.34. The van der Waals surface area contributed by atoms with Crippen LogP contribution in [0.15, 0.2) is 24.4 Å². The Balaban J connectivity index is 1.72. The van der Waals surface area contributed by atoms with Crippen molar-refractivity contribution < 1.29 is 9.50 Å². The smallest absolute Gasteiger partial charge is 0.123 e. The van der Waals surface area contributed by atoms with E-state index in [1.807, 2.05) is 13.1 Å². The third-order valence-electron chi connectivity index (χ3n) is 3.09. The molecule has 0 spiro atoms. The standard InChI is InChI=1S/C14H18FN3O/c1-10-11(9-17-18-10)3-2-6-16-8-12-7-13(15)4-5-14(12)19/h4-5,7,9,16,19H,2-3,6,8H2,1H3,(H,17,18). The van der Waals surface area contributed by atoms with Crippen LogP contribution in [0.5, 0.6) is 5.75 Å². The van der Waals surface area contributed by atoms with Crippen LogP contribution in [-0.2, 0) is 13.0 Å². The maximum absolute atomic E-state index is 13.0. The Labute approximate surface area is 111 Å². The Bertz CT molecular complexity index is 539. The van der Waals surface area contributed by atoms with Crippen molar-refractivity contribution in [3.8, 4) is 5.75 Å². The molecule has 4 nitrogen and oxygen atoms in total. The molecule has 0 saturated carbocycles. The van der Waals surface area contributed by atoms with Crippen LogP contribution in [0.25, 0.3) is 0 Å². The van der Waals surface area contributed by atoms with Gasteiger partial charge in [-0.05, 0) is 50.1 Å². The fourth-order valence-electron chi connectivity index (χ4n) is 1.95. The lowest BCUT2D eigenvalue weighted by Gasteiger charge is -2.07. The molecular weight excluding hydrogens is 245 g/mol. The van der Waals surface area contributed by atoms with Gasteiger partial charge in [0, 0.05) is 17.8 Å². The minimum absolute atomic E-state index is 0.125. The summed E-state index contributed by atoms with van der Waals surface area (Å²) in [5, 5.41) is 19.6. The number of aryl methyl sites for hydroxylation is 2. The van der Waals surface area contributed by atoms with Crippen molar-refractivity contribution in [2.45, 2.75) is 26.3 Å². The Morgan fingerprint density at radius 3 is 2.95 bits per heavy atom. The van der Waals surface area contributed by atoms with Crippen LogP contribution < -0.4 is 5.32 Å². The Kier molecular flexibility index (Phi) is 4.52. The molecule has 0 aliphatic heterocycles. The summed E-state index contributed by atoms with van der Waals surface area (Å²) in [5.74, 6) is -0.205. The van der Waals surface area contributed by atoms with E-state index in [4.69, 9.17) is 0 Å². The van der Waals surface area contributed by atoms with Crippen LogP contribution >= 0.6 is 0 Å². The van der Waals surface area contributed by atoms with Gasteiger partial charge in [-0.3, -0.25) is 5.10 Å². The fraction of sp³-hybridized carbons (Fsp3) is 0.357. The maximum Gasteiger partial charge on any atom is 0.123 e. The van der Waals surface area contributed by atoms with E-state index in [0.29, 0.717) is 12.1 Å². The van der Waals surface area contributed by atoms with Crippen molar-refractivity contribution in [1.82, 2.24) is 15.5 Å². The van der Waals surface area contributed by atoms with Gasteiger partial charge in [-0.1, -0.05) is 0 Å². The molecule has 0 fully saturated rings. The molecule has 102 valence electrons. The number of rotatable bonds is 6. The average molecular weight is 263 g/mol. The van der Waals surface area contributed by atoms with Crippen LogP contribution in [0, 0.1) is 12.7 Å². The van der Waals surface area contributed by atoms with Crippen LogP contribution in [0.1, 0.15) is 23.2 Å². The number of H-pyrrole nitrogens is 1. The number of phenols is 1. The van der Waals surface area contributed by atoms with Crippen LogP contribution in [0.2, 0.25) is 0 Å². The molecule has 0 saturated heterocycles. The number of aromatic nitrogens is 2. The van der Waals surface area contributed by atoms with Gasteiger partial charge in [0.05, 0.1) is 6.20 Å². The number of aromatic hydroxyl groups is 1. The molecular formula is C14H18FN3O. The molecule has 1 aromatic carbocycles. The van der Waals surface area contributed by atoms with Gasteiger partial charge in [0.25, 0.3) is 0 Å². The van der Waals surface area contributed by atoms with Crippen LogP contribution in [0.3, 0.4) is 0 Å². The van der Waals surface area contributed by atoms with E-state index in [1.54, 1.807) is 0 Å². The van der Waals surface area contributed by atoms with E-state index >= 15 is 0 Å². The number of nitrogens with one attached hydrogen (secondary N) is 2. The molecule has 0 atom stereocenters. The lowest BCUT2D eigenvalue weighted by molar-refractivity contribution is 0.461. The van der Waals surface area contributed by atoms with Gasteiger partial charge in [-0.2, -0.15) is 5.10 Å². The minimum Gasteiger partial charge on any atom is -0.508 e. The summed E-state index contributed by atoms with van der Waals surface area (Å²) in [6, 6.07) is 3.98. The third kappa shape index (κ3) is 3.79. The zero-order valence-corrected chi connectivity index (χ0v) is 10.9. The molecule has 19 heavy (non-hydrogen) atoms. The van der Waals surface area contributed by atoms with E-state index in [1.165, 1.54) is 23.8 Å². The van der Waals surface area contributed by atoms with Gasteiger partial charge < -0.3 is 10.4 Å². The van der Waals surface area contributed by atoms with E-state index in [2.05, 4.69) is 15.5 Å². The zero-order valence-electron chi connectivity index (χ0n) is 10.9. The fourth-order valence-corrected chi connectivity index (χ4v) is 1.95. The number of halogens is 1. The van der Waals surface area contributed by atoms with Crippen LogP contribution in [0.4, 0.5) is 4.39 Å². The predicted octanol–water partition coefficient (Wildman–Crippen LogP) is 2.29. The first kappa shape index (κ1) is 13.5. The quantitative estimate of drug-likeness (QED) is 0.701. The van der Waals surface area contributed by atoms with Crippen molar-refractivity contribution in [3.63, 3.8) is 0 Å². The van der Waals surface area contributed by atoms with Gasteiger partial charge in [-0.25, -0.2) is 4.39 Å². The second-order valence-electron chi connectivity index (χ2n) is 4.57. The zero-order chi connectivity index (χ0) is 13.7. The molecule has 2 aromatic rings. The average Bonchev–Trinajstić information content (AvgIpc) is 2.79. The molecule has 1 heterocycles. The number of nitrogens with zero attached hydrogens (tertiary/aromatic N) is 1. The molecule has 0 aliphatic carbocycles. The van der Waals surface area contributed by atoms with E-state index < -0.39 is 0 Å². The number of benzene rings is 1. The van der Waals surface area contributed by atoms with Crippen molar-refractivity contribution in [3.05, 3.63) is 47.0 Å². The summed E-state index contributed by atoms with van der Waals surface area (Å²) in [5.41, 5.74) is 2.90. The topological polar surface area (TPSA) is 60.9 Å². The van der Waals surface area contributed by atoms with Crippen molar-refractivity contribution >= 4 is 0 Å². The minimum atomic E-state index is -0.330. The highest BCUT2D eigenvalue weighted by Gasteiger charge is 2.03. The third-order valence-corrected chi connectivity index (χ3v) is 3.09. The summed E-state index contributed by atoms with van der Waals surface area (Å²) in [7, 11) is 0. The van der Waals surface area contributed by atoms with E-state index in [0.717, 1.165) is 25.1 Å². The van der Waals surface area contributed by atoms with E-state index in [9.17, 15) is 9.50 Å². The molecule has 5 heteroatoms. The second-order valence-corrected chi connectivity index (χ2v) is 4.57. The molecule has 0 radical (unpaired) electrons. The Morgan fingerprint density at radius 1 is 1.37 bits per heavy atom. The number of phenolic OH excluding ortho intramolecular Hbond substituents is 1. The van der Waals surface area contributed by atoms with Crippen LogP contribution in [-0.4, -0.2) is 21.8 Å². The number of hydrogen-bond acceptors (Lipinski definition) is 3. The van der Waals surface area contributed by atoms with Gasteiger partial charge in [0.1, 0.15) is 11.6 Å². The first-order chi connectivity index (χ1) is 9.16. The Morgan fingerprint density at radius 2 is 2.21 bits per heavy atom. The number of hydrogen-bond donors (Lipinski definition) is 3. The summed E-state index contributed by atoms with van der Waals surface area (Å²) in [6.45, 7) is 3.27. The van der Waals surface area contributed by atoms with Gasteiger partial charge >= 0.3 is 0 Å². The van der Waals surface area contributed by atoms with Crippen molar-refractivity contribution in [2.75, 3.05) is 6.54 Å².